The monoisotopic (exact) mass is 328 g/mol. The van der Waals surface area contributed by atoms with Gasteiger partial charge in [-0.05, 0) is 29.2 Å². The van der Waals surface area contributed by atoms with E-state index in [1.165, 1.54) is 0 Å². The number of rotatable bonds is 7. The molecule has 2 amide bonds. The molecule has 128 valence electrons. The second kappa shape index (κ2) is 8.45. The third kappa shape index (κ3) is 4.80. The molecule has 0 saturated carbocycles. The maximum absolute atomic E-state index is 12.3. The molecular formula is C19H24N2O3. The van der Waals surface area contributed by atoms with Crippen molar-refractivity contribution in [1.82, 2.24) is 10.8 Å². The topological polar surface area (TPSA) is 67.4 Å². The van der Waals surface area contributed by atoms with Crippen LogP contribution >= 0.6 is 0 Å². The molecule has 0 aromatic heterocycles. The number of benzene rings is 2. The molecule has 0 bridgehead atoms. The molecule has 0 heterocycles. The highest BCUT2D eigenvalue weighted by atomic mass is 16.6. The average molecular weight is 328 g/mol. The van der Waals surface area contributed by atoms with Crippen LogP contribution < -0.4 is 10.8 Å². The smallest absolute Gasteiger partial charge is 0.266 e. The van der Waals surface area contributed by atoms with Crippen LogP contribution in [-0.4, -0.2) is 24.5 Å². The van der Waals surface area contributed by atoms with E-state index in [1.807, 2.05) is 56.3 Å². The number of hydrogen-bond donors (Lipinski definition) is 2. The Morgan fingerprint density at radius 2 is 1.79 bits per heavy atom. The molecule has 0 fully saturated rings. The average Bonchev–Trinajstić information content (AvgIpc) is 2.57. The Morgan fingerprint density at radius 3 is 2.46 bits per heavy atom. The summed E-state index contributed by atoms with van der Waals surface area (Å²) >= 11 is 0. The summed E-state index contributed by atoms with van der Waals surface area (Å²) in [7, 11) is 0. The fraction of sp³-hybridized carbons (Fsp3) is 0.368. The van der Waals surface area contributed by atoms with Crippen LogP contribution in [0.25, 0.3) is 10.8 Å². The van der Waals surface area contributed by atoms with Gasteiger partial charge in [0.2, 0.25) is 5.91 Å². The largest absolute Gasteiger partial charge is 0.344 e. The molecule has 2 aromatic carbocycles. The first kappa shape index (κ1) is 17.9. The van der Waals surface area contributed by atoms with E-state index in [0.717, 1.165) is 16.3 Å². The molecular weight excluding hydrogens is 304 g/mol. The molecule has 1 atom stereocenters. The lowest BCUT2D eigenvalue weighted by atomic mass is 10.0. The zero-order chi connectivity index (χ0) is 17.5. The lowest BCUT2D eigenvalue weighted by molar-refractivity contribution is -0.139. The number of carbonyl (C=O) groups is 2. The van der Waals surface area contributed by atoms with Crippen molar-refractivity contribution in [3.8, 4) is 0 Å². The number of nitrogens with one attached hydrogen (secondary N) is 2. The Morgan fingerprint density at radius 1 is 1.08 bits per heavy atom. The van der Waals surface area contributed by atoms with E-state index in [-0.39, 0.29) is 24.2 Å². The molecule has 1 unspecified atom stereocenters. The highest BCUT2D eigenvalue weighted by Gasteiger charge is 2.24. The SMILES string of the molecule is CCONC(=O)C(NC(=O)Cc1ccc2ccccc2c1)C(C)C. The van der Waals surface area contributed by atoms with Gasteiger partial charge in [0.25, 0.3) is 5.91 Å². The minimum absolute atomic E-state index is 0.0361. The van der Waals surface area contributed by atoms with Crippen LogP contribution in [0.2, 0.25) is 0 Å². The second-order valence-corrected chi connectivity index (χ2v) is 6.05. The highest BCUT2D eigenvalue weighted by molar-refractivity contribution is 5.89. The van der Waals surface area contributed by atoms with Crippen molar-refractivity contribution in [1.29, 1.82) is 0 Å². The highest BCUT2D eigenvalue weighted by Crippen LogP contribution is 2.16. The normalized spacial score (nSPS) is 12.2. The van der Waals surface area contributed by atoms with Gasteiger partial charge in [-0.3, -0.25) is 14.4 Å². The van der Waals surface area contributed by atoms with Gasteiger partial charge in [-0.15, -0.1) is 0 Å². The minimum Gasteiger partial charge on any atom is -0.344 e. The van der Waals surface area contributed by atoms with Crippen molar-refractivity contribution >= 4 is 22.6 Å². The molecule has 2 rings (SSSR count). The quantitative estimate of drug-likeness (QED) is 0.768. The molecule has 0 aliphatic heterocycles. The molecule has 0 aliphatic rings. The first-order chi connectivity index (χ1) is 11.5. The van der Waals surface area contributed by atoms with Gasteiger partial charge in [0.1, 0.15) is 6.04 Å². The summed E-state index contributed by atoms with van der Waals surface area (Å²) < 4.78 is 0. The van der Waals surface area contributed by atoms with Gasteiger partial charge in [-0.25, -0.2) is 5.48 Å². The fourth-order valence-corrected chi connectivity index (χ4v) is 2.50. The summed E-state index contributed by atoms with van der Waals surface area (Å²) in [6.45, 7) is 5.92. The molecule has 24 heavy (non-hydrogen) atoms. The van der Waals surface area contributed by atoms with Crippen LogP contribution in [0.4, 0.5) is 0 Å². The van der Waals surface area contributed by atoms with Crippen LogP contribution in [0.15, 0.2) is 42.5 Å². The summed E-state index contributed by atoms with van der Waals surface area (Å²) in [5.74, 6) is -0.555. The van der Waals surface area contributed by atoms with E-state index >= 15 is 0 Å². The third-order valence-corrected chi connectivity index (χ3v) is 3.76. The van der Waals surface area contributed by atoms with E-state index in [4.69, 9.17) is 4.84 Å². The lowest BCUT2D eigenvalue weighted by Gasteiger charge is -2.21. The van der Waals surface area contributed by atoms with E-state index < -0.39 is 6.04 Å². The Labute approximate surface area is 142 Å². The Balaban J connectivity index is 2.02. The molecule has 0 radical (unpaired) electrons. The van der Waals surface area contributed by atoms with Crippen LogP contribution in [0.5, 0.6) is 0 Å². The summed E-state index contributed by atoms with van der Waals surface area (Å²) in [6.07, 6.45) is 0.232. The van der Waals surface area contributed by atoms with E-state index in [1.54, 1.807) is 6.92 Å². The molecule has 0 spiro atoms. The number of hydrogen-bond acceptors (Lipinski definition) is 3. The van der Waals surface area contributed by atoms with Gasteiger partial charge in [0.15, 0.2) is 0 Å². The molecule has 2 aromatic rings. The van der Waals surface area contributed by atoms with Gasteiger partial charge < -0.3 is 5.32 Å². The fourth-order valence-electron chi connectivity index (χ4n) is 2.50. The van der Waals surface area contributed by atoms with E-state index in [9.17, 15) is 9.59 Å². The number of amides is 2. The summed E-state index contributed by atoms with van der Waals surface area (Å²) in [5, 5.41) is 5.02. The van der Waals surface area contributed by atoms with Crippen molar-refractivity contribution in [3.63, 3.8) is 0 Å². The second-order valence-electron chi connectivity index (χ2n) is 6.05. The Hall–Kier alpha value is -2.40. The zero-order valence-corrected chi connectivity index (χ0v) is 14.3. The van der Waals surface area contributed by atoms with Crippen molar-refractivity contribution in [3.05, 3.63) is 48.0 Å². The summed E-state index contributed by atoms with van der Waals surface area (Å²) in [5.41, 5.74) is 3.27. The predicted octanol–water partition coefficient (Wildman–Crippen LogP) is 2.59. The van der Waals surface area contributed by atoms with E-state index in [2.05, 4.69) is 10.8 Å². The van der Waals surface area contributed by atoms with Gasteiger partial charge in [-0.2, -0.15) is 0 Å². The Bertz CT molecular complexity index is 713. The first-order valence-corrected chi connectivity index (χ1v) is 8.20. The summed E-state index contributed by atoms with van der Waals surface area (Å²) in [4.78, 5) is 29.3. The van der Waals surface area contributed by atoms with Gasteiger partial charge in [0, 0.05) is 0 Å². The van der Waals surface area contributed by atoms with Gasteiger partial charge in [-0.1, -0.05) is 56.3 Å². The van der Waals surface area contributed by atoms with E-state index in [0.29, 0.717) is 6.61 Å². The van der Waals surface area contributed by atoms with Crippen molar-refractivity contribution < 1.29 is 14.4 Å². The molecule has 0 saturated heterocycles. The van der Waals surface area contributed by atoms with Crippen molar-refractivity contribution in [2.24, 2.45) is 5.92 Å². The minimum atomic E-state index is -0.621. The van der Waals surface area contributed by atoms with Gasteiger partial charge in [0.05, 0.1) is 13.0 Å². The van der Waals surface area contributed by atoms with Crippen molar-refractivity contribution in [2.75, 3.05) is 6.61 Å². The third-order valence-electron chi connectivity index (χ3n) is 3.76. The van der Waals surface area contributed by atoms with Gasteiger partial charge >= 0.3 is 0 Å². The summed E-state index contributed by atoms with van der Waals surface area (Å²) in [6, 6.07) is 13.3. The lowest BCUT2D eigenvalue weighted by Crippen LogP contribution is -2.50. The van der Waals surface area contributed by atoms with Crippen LogP contribution in [0.3, 0.4) is 0 Å². The maximum Gasteiger partial charge on any atom is 0.266 e. The number of carbonyl (C=O) groups excluding carboxylic acids is 2. The molecule has 2 N–H and O–H groups in total. The number of fused-ring (bicyclic) bond motifs is 1. The number of hydroxylamine groups is 1. The zero-order valence-electron chi connectivity index (χ0n) is 14.3. The van der Waals surface area contributed by atoms with Crippen LogP contribution in [0, 0.1) is 5.92 Å². The molecule has 0 aliphatic carbocycles. The Kier molecular flexibility index (Phi) is 6.32. The molecule has 5 nitrogen and oxygen atoms in total. The predicted molar refractivity (Wildman–Crippen MR) is 94.2 cm³/mol. The standard InChI is InChI=1S/C19H24N2O3/c1-4-24-21-19(23)18(13(2)3)20-17(22)12-14-9-10-15-7-5-6-8-16(15)11-14/h5-11,13,18H,4,12H2,1-3H3,(H,20,22)(H,21,23). The van der Waals surface area contributed by atoms with Crippen LogP contribution in [0.1, 0.15) is 26.3 Å². The first-order valence-electron chi connectivity index (χ1n) is 8.20. The molecule has 5 heteroatoms. The van der Waals surface area contributed by atoms with Crippen molar-refractivity contribution in [2.45, 2.75) is 33.2 Å². The van der Waals surface area contributed by atoms with Crippen LogP contribution in [-0.2, 0) is 20.8 Å². The maximum atomic E-state index is 12.3.